The molecule has 1 amide bonds. The summed E-state index contributed by atoms with van der Waals surface area (Å²) in [5.74, 6) is -0.807. The van der Waals surface area contributed by atoms with Crippen LogP contribution in [0.25, 0.3) is 5.69 Å². The fourth-order valence-electron chi connectivity index (χ4n) is 2.45. The minimum Gasteiger partial charge on any atom is -0.467 e. The van der Waals surface area contributed by atoms with Crippen LogP contribution >= 0.6 is 27.5 Å². The van der Waals surface area contributed by atoms with Crippen molar-refractivity contribution in [2.75, 3.05) is 11.9 Å². The molecule has 1 N–H and O–H groups in total. The van der Waals surface area contributed by atoms with Crippen molar-refractivity contribution >= 4 is 39.1 Å². The molecule has 0 spiro atoms. The van der Waals surface area contributed by atoms with E-state index in [2.05, 4.69) is 26.3 Å². The number of nitrogens with zero attached hydrogens (tertiary/aromatic N) is 2. The van der Waals surface area contributed by atoms with Crippen LogP contribution in [-0.4, -0.2) is 22.3 Å². The Morgan fingerprint density at radius 1 is 1.24 bits per heavy atom. The number of amides is 1. The predicted molar refractivity (Wildman–Crippen MR) is 107 cm³/mol. The van der Waals surface area contributed by atoms with Gasteiger partial charge in [0.15, 0.2) is 12.3 Å². The average Bonchev–Trinajstić information content (AvgIpc) is 3.07. The largest absolute Gasteiger partial charge is 0.467 e. The van der Waals surface area contributed by atoms with Crippen molar-refractivity contribution in [3.05, 3.63) is 69.3 Å². The summed E-state index contributed by atoms with van der Waals surface area (Å²) in [5, 5.41) is 6.35. The molecule has 0 saturated heterocycles. The Morgan fingerprint density at radius 3 is 2.62 bits per heavy atom. The summed E-state index contributed by atoms with van der Waals surface area (Å²) >= 11 is 9.41. The molecule has 0 fully saturated rings. The highest BCUT2D eigenvalue weighted by Crippen LogP contribution is 2.33. The maximum Gasteiger partial charge on any atom is 0.435 e. The summed E-state index contributed by atoms with van der Waals surface area (Å²) in [6.07, 6.45) is -4.68. The van der Waals surface area contributed by atoms with Crippen LogP contribution in [0.4, 0.5) is 18.9 Å². The number of aryl methyl sites for hydroxylation is 1. The molecule has 2 aromatic carbocycles. The van der Waals surface area contributed by atoms with E-state index in [9.17, 15) is 18.0 Å². The second-order valence-corrected chi connectivity index (χ2v) is 7.31. The lowest BCUT2D eigenvalue weighted by molar-refractivity contribution is -0.141. The number of halogens is 5. The Bertz CT molecular complexity index is 1050. The molecule has 0 unspecified atom stereocenters. The topological polar surface area (TPSA) is 56.1 Å². The second-order valence-electron chi connectivity index (χ2n) is 6.05. The predicted octanol–water partition coefficient (Wildman–Crippen LogP) is 5.63. The normalized spacial score (nSPS) is 11.4. The van der Waals surface area contributed by atoms with Crippen molar-refractivity contribution in [3.8, 4) is 11.6 Å². The summed E-state index contributed by atoms with van der Waals surface area (Å²) in [7, 11) is 0. The van der Waals surface area contributed by atoms with E-state index >= 15 is 0 Å². The zero-order valence-electron chi connectivity index (χ0n) is 14.9. The van der Waals surface area contributed by atoms with Crippen LogP contribution < -0.4 is 10.1 Å². The average molecular weight is 489 g/mol. The number of benzene rings is 2. The molecule has 0 atom stereocenters. The second kappa shape index (κ2) is 8.46. The standard InChI is InChI=1S/C19H14BrClF3N3O2/c1-11-6-7-14(12(20)8-11)25-17(28)10-29-18-9-16(19(22,23)24)26-27(18)15-5-3-2-4-13(15)21/h2-9H,10H2,1H3,(H,25,28). The van der Waals surface area contributed by atoms with Gasteiger partial charge in [-0.2, -0.15) is 23.0 Å². The fourth-order valence-corrected chi connectivity index (χ4v) is 3.26. The number of para-hydroxylation sites is 1. The van der Waals surface area contributed by atoms with E-state index in [1.807, 2.05) is 19.1 Å². The van der Waals surface area contributed by atoms with Crippen LogP contribution in [0.1, 0.15) is 11.3 Å². The first kappa shape index (κ1) is 21.2. The quantitative estimate of drug-likeness (QED) is 0.506. The smallest absolute Gasteiger partial charge is 0.435 e. The summed E-state index contributed by atoms with van der Waals surface area (Å²) in [6, 6.07) is 12.3. The van der Waals surface area contributed by atoms with Gasteiger partial charge in [-0.15, -0.1) is 0 Å². The maximum atomic E-state index is 13.1. The SMILES string of the molecule is Cc1ccc(NC(=O)COc2cc(C(F)(F)F)nn2-c2ccccc2Cl)c(Br)c1. The number of hydrogen-bond donors (Lipinski definition) is 1. The van der Waals surface area contributed by atoms with Crippen LogP contribution in [0.5, 0.6) is 5.88 Å². The zero-order valence-corrected chi connectivity index (χ0v) is 17.3. The minimum atomic E-state index is -4.68. The first-order valence-corrected chi connectivity index (χ1v) is 9.43. The first-order valence-electron chi connectivity index (χ1n) is 8.26. The van der Waals surface area contributed by atoms with Gasteiger partial charge in [0, 0.05) is 10.5 Å². The molecule has 3 rings (SSSR count). The molecule has 0 bridgehead atoms. The van der Waals surface area contributed by atoms with Crippen molar-refractivity contribution in [1.29, 1.82) is 0 Å². The number of carbonyl (C=O) groups excluding carboxylic acids is 1. The molecule has 152 valence electrons. The van der Waals surface area contributed by atoms with Crippen LogP contribution in [0, 0.1) is 6.92 Å². The van der Waals surface area contributed by atoms with Crippen molar-refractivity contribution in [2.24, 2.45) is 0 Å². The third-order valence-electron chi connectivity index (χ3n) is 3.80. The van der Waals surface area contributed by atoms with Crippen molar-refractivity contribution in [2.45, 2.75) is 13.1 Å². The molecule has 1 aromatic heterocycles. The van der Waals surface area contributed by atoms with Crippen LogP contribution in [-0.2, 0) is 11.0 Å². The molecule has 3 aromatic rings. The van der Waals surface area contributed by atoms with Gasteiger partial charge >= 0.3 is 6.18 Å². The number of alkyl halides is 3. The summed E-state index contributed by atoms with van der Waals surface area (Å²) < 4.78 is 46.3. The van der Waals surface area contributed by atoms with E-state index in [0.29, 0.717) is 10.2 Å². The Hall–Kier alpha value is -2.52. The van der Waals surface area contributed by atoms with E-state index in [1.165, 1.54) is 12.1 Å². The molecule has 0 aliphatic heterocycles. The van der Waals surface area contributed by atoms with Crippen molar-refractivity contribution in [3.63, 3.8) is 0 Å². The van der Waals surface area contributed by atoms with E-state index in [1.54, 1.807) is 18.2 Å². The number of hydrogen-bond acceptors (Lipinski definition) is 3. The lowest BCUT2D eigenvalue weighted by Gasteiger charge is -2.11. The van der Waals surface area contributed by atoms with Gasteiger partial charge in [-0.1, -0.05) is 29.8 Å². The van der Waals surface area contributed by atoms with Gasteiger partial charge in [0.1, 0.15) is 0 Å². The minimum absolute atomic E-state index is 0.183. The van der Waals surface area contributed by atoms with Crippen molar-refractivity contribution in [1.82, 2.24) is 9.78 Å². The van der Waals surface area contributed by atoms with Crippen molar-refractivity contribution < 1.29 is 22.7 Å². The van der Waals surface area contributed by atoms with Gasteiger partial charge < -0.3 is 10.1 Å². The Labute approximate surface area is 177 Å². The molecule has 0 aliphatic carbocycles. The molecule has 1 heterocycles. The third kappa shape index (κ3) is 5.10. The third-order valence-corrected chi connectivity index (χ3v) is 4.77. The van der Waals surface area contributed by atoms with Gasteiger partial charge in [-0.05, 0) is 52.7 Å². The zero-order chi connectivity index (χ0) is 21.2. The molecular formula is C19H14BrClF3N3O2. The molecule has 10 heteroatoms. The molecule has 0 aliphatic rings. The van der Waals surface area contributed by atoms with Gasteiger partial charge in [0.25, 0.3) is 5.91 Å². The molecule has 5 nitrogen and oxygen atoms in total. The van der Waals surface area contributed by atoms with Crippen LogP contribution in [0.15, 0.2) is 53.0 Å². The number of nitrogens with one attached hydrogen (secondary N) is 1. The lowest BCUT2D eigenvalue weighted by Crippen LogP contribution is -2.21. The highest BCUT2D eigenvalue weighted by Gasteiger charge is 2.36. The highest BCUT2D eigenvalue weighted by molar-refractivity contribution is 9.10. The maximum absolute atomic E-state index is 13.1. The Kier molecular flexibility index (Phi) is 6.18. The summed E-state index contributed by atoms with van der Waals surface area (Å²) in [6.45, 7) is 1.38. The van der Waals surface area contributed by atoms with Crippen LogP contribution in [0.3, 0.4) is 0 Å². The number of anilines is 1. The fraction of sp³-hybridized carbons (Fsp3) is 0.158. The van der Waals surface area contributed by atoms with Gasteiger partial charge in [0.05, 0.1) is 16.4 Å². The molecule has 29 heavy (non-hydrogen) atoms. The summed E-state index contributed by atoms with van der Waals surface area (Å²) in [5.41, 5.74) is 0.546. The number of carbonyl (C=O) groups is 1. The molecular weight excluding hydrogens is 475 g/mol. The first-order chi connectivity index (χ1) is 13.6. The van der Waals surface area contributed by atoms with E-state index in [-0.39, 0.29) is 16.6 Å². The number of aromatic nitrogens is 2. The van der Waals surface area contributed by atoms with Crippen LogP contribution in [0.2, 0.25) is 5.02 Å². The monoisotopic (exact) mass is 487 g/mol. The summed E-state index contributed by atoms with van der Waals surface area (Å²) in [4.78, 5) is 12.2. The lowest BCUT2D eigenvalue weighted by atomic mass is 10.2. The van der Waals surface area contributed by atoms with Gasteiger partial charge in [0.2, 0.25) is 5.88 Å². The number of rotatable bonds is 5. The molecule has 0 radical (unpaired) electrons. The van der Waals surface area contributed by atoms with E-state index in [4.69, 9.17) is 16.3 Å². The highest BCUT2D eigenvalue weighted by atomic mass is 79.9. The van der Waals surface area contributed by atoms with E-state index < -0.39 is 24.4 Å². The van der Waals surface area contributed by atoms with Gasteiger partial charge in [-0.25, -0.2) is 0 Å². The van der Waals surface area contributed by atoms with Gasteiger partial charge in [-0.3, -0.25) is 4.79 Å². The molecule has 0 saturated carbocycles. The van der Waals surface area contributed by atoms with E-state index in [0.717, 1.165) is 16.3 Å². The number of ether oxygens (including phenoxy) is 1. The Balaban J connectivity index is 1.82. The Morgan fingerprint density at radius 2 is 1.97 bits per heavy atom.